The minimum atomic E-state index is -0.111. The Bertz CT molecular complexity index is 319. The summed E-state index contributed by atoms with van der Waals surface area (Å²) in [5, 5.41) is 11.3. The van der Waals surface area contributed by atoms with E-state index in [1.165, 1.54) is 5.56 Å². The lowest BCUT2D eigenvalue weighted by Gasteiger charge is -2.05. The third-order valence-electron chi connectivity index (χ3n) is 2.39. The van der Waals surface area contributed by atoms with Crippen molar-refractivity contribution in [1.82, 2.24) is 5.32 Å². The summed E-state index contributed by atoms with van der Waals surface area (Å²) >= 11 is 0. The van der Waals surface area contributed by atoms with Gasteiger partial charge in [-0.2, -0.15) is 0 Å². The van der Waals surface area contributed by atoms with Gasteiger partial charge in [-0.1, -0.05) is 37.6 Å². The quantitative estimate of drug-likeness (QED) is 0.767. The van der Waals surface area contributed by atoms with Gasteiger partial charge in [0.2, 0.25) is 5.91 Å². The fraction of sp³-hybridized carbons (Fsp3) is 0.462. The van der Waals surface area contributed by atoms with Gasteiger partial charge in [0, 0.05) is 13.0 Å². The SMILES string of the molecule is CCCc1ccc(CNC(=O)CCO)cc1. The number of hydrogen-bond acceptors (Lipinski definition) is 2. The van der Waals surface area contributed by atoms with Crippen molar-refractivity contribution >= 4 is 5.91 Å². The summed E-state index contributed by atoms with van der Waals surface area (Å²) in [5.41, 5.74) is 2.42. The molecular weight excluding hydrogens is 202 g/mol. The summed E-state index contributed by atoms with van der Waals surface area (Å²) in [7, 11) is 0. The van der Waals surface area contributed by atoms with Gasteiger partial charge in [0.05, 0.1) is 6.61 Å². The number of aryl methyl sites for hydroxylation is 1. The average molecular weight is 221 g/mol. The zero-order valence-electron chi connectivity index (χ0n) is 9.70. The number of rotatable bonds is 6. The van der Waals surface area contributed by atoms with E-state index in [0.717, 1.165) is 18.4 Å². The highest BCUT2D eigenvalue weighted by atomic mass is 16.3. The van der Waals surface area contributed by atoms with E-state index < -0.39 is 0 Å². The number of carbonyl (C=O) groups excluding carboxylic acids is 1. The van der Waals surface area contributed by atoms with E-state index >= 15 is 0 Å². The average Bonchev–Trinajstić information content (AvgIpc) is 2.29. The molecule has 0 spiro atoms. The Kier molecular flexibility index (Phi) is 5.57. The first-order valence-corrected chi connectivity index (χ1v) is 5.71. The minimum Gasteiger partial charge on any atom is -0.396 e. The number of carbonyl (C=O) groups is 1. The zero-order chi connectivity index (χ0) is 11.8. The minimum absolute atomic E-state index is 0.0960. The molecule has 0 aliphatic rings. The van der Waals surface area contributed by atoms with Crippen LogP contribution in [0, 0.1) is 0 Å². The number of aliphatic hydroxyl groups is 1. The van der Waals surface area contributed by atoms with Crippen LogP contribution in [0.2, 0.25) is 0 Å². The van der Waals surface area contributed by atoms with Crippen molar-refractivity contribution in [2.24, 2.45) is 0 Å². The van der Waals surface area contributed by atoms with Crippen molar-refractivity contribution in [3.63, 3.8) is 0 Å². The number of benzene rings is 1. The lowest BCUT2D eigenvalue weighted by molar-refractivity contribution is -0.121. The van der Waals surface area contributed by atoms with Gasteiger partial charge in [-0.05, 0) is 17.5 Å². The molecule has 2 N–H and O–H groups in total. The first-order chi connectivity index (χ1) is 7.76. The Morgan fingerprint density at radius 1 is 1.25 bits per heavy atom. The molecule has 1 aromatic rings. The number of amides is 1. The summed E-state index contributed by atoms with van der Waals surface area (Å²) in [4.78, 5) is 11.1. The maximum absolute atomic E-state index is 11.1. The summed E-state index contributed by atoms with van der Waals surface area (Å²) < 4.78 is 0. The van der Waals surface area contributed by atoms with Gasteiger partial charge in [-0.25, -0.2) is 0 Å². The van der Waals surface area contributed by atoms with Gasteiger partial charge in [-0.3, -0.25) is 4.79 Å². The van der Waals surface area contributed by atoms with Crippen LogP contribution in [0.4, 0.5) is 0 Å². The van der Waals surface area contributed by atoms with Gasteiger partial charge < -0.3 is 10.4 Å². The van der Waals surface area contributed by atoms with Crippen LogP contribution in [-0.2, 0) is 17.8 Å². The lowest BCUT2D eigenvalue weighted by Crippen LogP contribution is -2.23. The molecule has 3 nitrogen and oxygen atoms in total. The van der Waals surface area contributed by atoms with Crippen LogP contribution in [0.3, 0.4) is 0 Å². The van der Waals surface area contributed by atoms with Gasteiger partial charge in [0.25, 0.3) is 0 Å². The fourth-order valence-electron chi connectivity index (χ4n) is 1.50. The van der Waals surface area contributed by atoms with Gasteiger partial charge >= 0.3 is 0 Å². The Labute approximate surface area is 96.5 Å². The molecule has 0 fully saturated rings. The topological polar surface area (TPSA) is 49.3 Å². The van der Waals surface area contributed by atoms with Crippen molar-refractivity contribution in [2.75, 3.05) is 6.61 Å². The van der Waals surface area contributed by atoms with Crippen LogP contribution in [0.25, 0.3) is 0 Å². The van der Waals surface area contributed by atoms with Crippen molar-refractivity contribution in [1.29, 1.82) is 0 Å². The molecule has 1 aromatic carbocycles. The zero-order valence-corrected chi connectivity index (χ0v) is 9.70. The third kappa shape index (κ3) is 4.45. The van der Waals surface area contributed by atoms with Gasteiger partial charge in [-0.15, -0.1) is 0 Å². The van der Waals surface area contributed by atoms with E-state index in [-0.39, 0.29) is 18.9 Å². The third-order valence-corrected chi connectivity index (χ3v) is 2.39. The first kappa shape index (κ1) is 12.7. The molecule has 0 aromatic heterocycles. The van der Waals surface area contributed by atoms with E-state index in [1.54, 1.807) is 0 Å². The lowest BCUT2D eigenvalue weighted by atomic mass is 10.1. The normalized spacial score (nSPS) is 10.1. The van der Waals surface area contributed by atoms with Crippen molar-refractivity contribution in [2.45, 2.75) is 32.7 Å². The summed E-state index contributed by atoms with van der Waals surface area (Å²) in [6.07, 6.45) is 2.41. The highest BCUT2D eigenvalue weighted by Gasteiger charge is 1.99. The van der Waals surface area contributed by atoms with E-state index in [0.29, 0.717) is 6.54 Å². The molecule has 0 unspecified atom stereocenters. The van der Waals surface area contributed by atoms with Gasteiger partial charge in [0.15, 0.2) is 0 Å². The van der Waals surface area contributed by atoms with Gasteiger partial charge in [0.1, 0.15) is 0 Å². The Morgan fingerprint density at radius 3 is 2.44 bits per heavy atom. The number of nitrogens with one attached hydrogen (secondary N) is 1. The van der Waals surface area contributed by atoms with Crippen LogP contribution in [0.1, 0.15) is 30.9 Å². The maximum Gasteiger partial charge on any atom is 0.222 e. The Hall–Kier alpha value is -1.35. The molecule has 0 aliphatic carbocycles. The molecule has 1 amide bonds. The van der Waals surface area contributed by atoms with Crippen LogP contribution >= 0.6 is 0 Å². The number of aliphatic hydroxyl groups excluding tert-OH is 1. The fourth-order valence-corrected chi connectivity index (χ4v) is 1.50. The Morgan fingerprint density at radius 2 is 1.88 bits per heavy atom. The molecule has 88 valence electrons. The molecular formula is C13H19NO2. The van der Waals surface area contributed by atoms with Crippen LogP contribution in [-0.4, -0.2) is 17.6 Å². The highest BCUT2D eigenvalue weighted by Crippen LogP contribution is 2.06. The van der Waals surface area contributed by atoms with E-state index in [9.17, 15) is 4.79 Å². The second kappa shape index (κ2) is 7.01. The first-order valence-electron chi connectivity index (χ1n) is 5.71. The molecule has 0 bridgehead atoms. The van der Waals surface area contributed by atoms with Crippen molar-refractivity contribution < 1.29 is 9.90 Å². The molecule has 0 radical (unpaired) electrons. The Balaban J connectivity index is 2.40. The monoisotopic (exact) mass is 221 g/mol. The predicted molar refractivity (Wildman–Crippen MR) is 64.0 cm³/mol. The molecule has 0 aliphatic heterocycles. The molecule has 3 heteroatoms. The molecule has 0 heterocycles. The van der Waals surface area contributed by atoms with E-state index in [4.69, 9.17) is 5.11 Å². The molecule has 0 atom stereocenters. The smallest absolute Gasteiger partial charge is 0.222 e. The molecule has 16 heavy (non-hydrogen) atoms. The van der Waals surface area contributed by atoms with Crippen LogP contribution in [0.5, 0.6) is 0 Å². The molecule has 0 saturated heterocycles. The van der Waals surface area contributed by atoms with E-state index in [1.807, 2.05) is 12.1 Å². The predicted octanol–water partition coefficient (Wildman–Crippen LogP) is 1.64. The maximum atomic E-state index is 11.1. The van der Waals surface area contributed by atoms with Crippen LogP contribution in [0.15, 0.2) is 24.3 Å². The van der Waals surface area contributed by atoms with Crippen LogP contribution < -0.4 is 5.32 Å². The molecule has 1 rings (SSSR count). The van der Waals surface area contributed by atoms with Crippen molar-refractivity contribution in [3.8, 4) is 0 Å². The standard InChI is InChI=1S/C13H19NO2/c1-2-3-11-4-6-12(7-5-11)10-14-13(16)8-9-15/h4-7,15H,2-3,8-10H2,1H3,(H,14,16). The van der Waals surface area contributed by atoms with E-state index in [2.05, 4.69) is 24.4 Å². The summed E-state index contributed by atoms with van der Waals surface area (Å²) in [6, 6.07) is 8.25. The molecule has 0 saturated carbocycles. The van der Waals surface area contributed by atoms with Crippen molar-refractivity contribution in [3.05, 3.63) is 35.4 Å². The number of hydrogen-bond donors (Lipinski definition) is 2. The second-order valence-electron chi connectivity index (χ2n) is 3.82. The second-order valence-corrected chi connectivity index (χ2v) is 3.82. The summed E-state index contributed by atoms with van der Waals surface area (Å²) in [5.74, 6) is -0.111. The largest absolute Gasteiger partial charge is 0.396 e. The highest BCUT2D eigenvalue weighted by molar-refractivity contribution is 5.75. The summed E-state index contributed by atoms with van der Waals surface area (Å²) in [6.45, 7) is 2.59.